The molecule has 0 aliphatic carbocycles. The monoisotopic (exact) mass is 430 g/mol. The lowest BCUT2D eigenvalue weighted by Gasteiger charge is -2.08. The van der Waals surface area contributed by atoms with Gasteiger partial charge in [0.1, 0.15) is 22.2 Å². The van der Waals surface area contributed by atoms with Crippen LogP contribution in [0.15, 0.2) is 46.9 Å². The highest BCUT2D eigenvalue weighted by Crippen LogP contribution is 2.24. The molecule has 0 saturated heterocycles. The fourth-order valence-corrected chi connectivity index (χ4v) is 3.59. The number of nitrogens with one attached hydrogen (secondary N) is 1. The molecule has 0 aliphatic rings. The average Bonchev–Trinajstić information content (AvgIpc) is 2.98. The first kappa shape index (κ1) is 18.6. The van der Waals surface area contributed by atoms with Gasteiger partial charge in [0, 0.05) is 10.2 Å². The molecule has 0 spiro atoms. The lowest BCUT2D eigenvalue weighted by atomic mass is 10.1. The highest BCUT2D eigenvalue weighted by Gasteiger charge is 2.16. The molecule has 4 nitrogen and oxygen atoms in total. The first-order valence-electron chi connectivity index (χ1n) is 8.15. The Hall–Kier alpha value is -2.18. The van der Waals surface area contributed by atoms with Gasteiger partial charge in [0.15, 0.2) is 0 Å². The van der Waals surface area contributed by atoms with Crippen molar-refractivity contribution < 1.29 is 9.53 Å². The van der Waals surface area contributed by atoms with Crippen molar-refractivity contribution in [3.05, 3.63) is 73.6 Å². The van der Waals surface area contributed by atoms with Gasteiger partial charge in [0.05, 0.1) is 5.69 Å². The average molecular weight is 431 g/mol. The van der Waals surface area contributed by atoms with Crippen molar-refractivity contribution in [1.29, 1.82) is 0 Å². The topological polar surface area (TPSA) is 51.2 Å². The number of thiazole rings is 1. The van der Waals surface area contributed by atoms with Crippen LogP contribution in [0.1, 0.15) is 31.5 Å². The molecule has 0 bridgehead atoms. The van der Waals surface area contributed by atoms with Gasteiger partial charge in [-0.1, -0.05) is 28.1 Å². The van der Waals surface area contributed by atoms with E-state index in [1.807, 2.05) is 57.2 Å². The number of amides is 1. The molecular weight excluding hydrogens is 412 g/mol. The van der Waals surface area contributed by atoms with Crippen LogP contribution < -0.4 is 10.1 Å². The van der Waals surface area contributed by atoms with Crippen molar-refractivity contribution in [2.75, 3.05) is 5.32 Å². The van der Waals surface area contributed by atoms with Crippen molar-refractivity contribution in [1.82, 2.24) is 4.98 Å². The number of halogens is 1. The second-order valence-electron chi connectivity index (χ2n) is 6.04. The number of hydrogen-bond donors (Lipinski definition) is 1. The number of anilines is 1. The minimum absolute atomic E-state index is 0.152. The number of carbonyl (C=O) groups excluding carboxylic acids is 1. The highest BCUT2D eigenvalue weighted by atomic mass is 79.9. The van der Waals surface area contributed by atoms with E-state index < -0.39 is 0 Å². The largest absolute Gasteiger partial charge is 0.486 e. The third kappa shape index (κ3) is 4.51. The summed E-state index contributed by atoms with van der Waals surface area (Å²) in [5, 5.41) is 3.68. The van der Waals surface area contributed by atoms with Crippen molar-refractivity contribution in [3.8, 4) is 5.75 Å². The molecule has 3 aromatic rings. The van der Waals surface area contributed by atoms with Crippen LogP contribution in [-0.4, -0.2) is 10.9 Å². The van der Waals surface area contributed by atoms with Gasteiger partial charge in [-0.05, 0) is 62.2 Å². The first-order chi connectivity index (χ1) is 12.4. The maximum absolute atomic E-state index is 12.5. The second-order valence-corrected chi connectivity index (χ2v) is 8.04. The third-order valence-electron chi connectivity index (χ3n) is 3.84. The summed E-state index contributed by atoms with van der Waals surface area (Å²) in [6.45, 7) is 6.24. The van der Waals surface area contributed by atoms with Gasteiger partial charge in [-0.25, -0.2) is 4.98 Å². The molecule has 2 aromatic carbocycles. The van der Waals surface area contributed by atoms with E-state index in [2.05, 4.69) is 32.3 Å². The fraction of sp³-hybridized carbons (Fsp3) is 0.200. The number of hydrogen-bond acceptors (Lipinski definition) is 4. The van der Waals surface area contributed by atoms with Crippen molar-refractivity contribution in [2.24, 2.45) is 0 Å². The molecular formula is C20H19BrN2O2S. The minimum atomic E-state index is -0.152. The van der Waals surface area contributed by atoms with Crippen molar-refractivity contribution in [3.63, 3.8) is 0 Å². The Labute approximate surface area is 165 Å². The molecule has 0 radical (unpaired) electrons. The van der Waals surface area contributed by atoms with Crippen LogP contribution in [0.4, 0.5) is 5.69 Å². The summed E-state index contributed by atoms with van der Waals surface area (Å²) >= 11 is 4.74. The smallest absolute Gasteiger partial charge is 0.267 e. The molecule has 1 N–H and O–H groups in total. The Kier molecular flexibility index (Phi) is 5.74. The van der Waals surface area contributed by atoms with E-state index in [-0.39, 0.29) is 5.91 Å². The van der Waals surface area contributed by atoms with E-state index in [4.69, 9.17) is 4.74 Å². The molecule has 0 atom stereocenters. The van der Waals surface area contributed by atoms with E-state index in [0.717, 1.165) is 32.0 Å². The standard InChI is InChI=1S/C20H19BrN2O2S/c1-12-4-5-13(2)17(10-12)25-11-18-22-14(3)19(26-18)20(24)23-16-8-6-15(21)7-9-16/h4-10H,11H2,1-3H3,(H,23,24). The summed E-state index contributed by atoms with van der Waals surface area (Å²) in [4.78, 5) is 17.6. The maximum atomic E-state index is 12.5. The Bertz CT molecular complexity index is 935. The number of nitrogens with zero attached hydrogens (tertiary/aromatic N) is 1. The predicted octanol–water partition coefficient (Wildman–Crippen LogP) is 5.66. The molecule has 3 rings (SSSR count). The molecule has 1 amide bonds. The summed E-state index contributed by atoms with van der Waals surface area (Å²) in [6.07, 6.45) is 0. The van der Waals surface area contributed by atoms with Gasteiger partial charge < -0.3 is 10.1 Å². The molecule has 1 aromatic heterocycles. The molecule has 134 valence electrons. The number of aromatic nitrogens is 1. The van der Waals surface area contributed by atoms with Gasteiger partial charge in [0.2, 0.25) is 0 Å². The molecule has 6 heteroatoms. The molecule has 26 heavy (non-hydrogen) atoms. The van der Waals surface area contributed by atoms with Crippen molar-refractivity contribution in [2.45, 2.75) is 27.4 Å². The summed E-state index contributed by atoms with van der Waals surface area (Å²) in [7, 11) is 0. The Morgan fingerprint density at radius 1 is 1.15 bits per heavy atom. The summed E-state index contributed by atoms with van der Waals surface area (Å²) in [6, 6.07) is 13.6. The molecule has 0 unspecified atom stereocenters. The first-order valence-corrected chi connectivity index (χ1v) is 9.76. The van der Waals surface area contributed by atoms with Crippen LogP contribution in [0.5, 0.6) is 5.75 Å². The van der Waals surface area contributed by atoms with Gasteiger partial charge >= 0.3 is 0 Å². The van der Waals surface area contributed by atoms with Crippen LogP contribution in [0.3, 0.4) is 0 Å². The SMILES string of the molecule is Cc1ccc(C)c(OCc2nc(C)c(C(=O)Nc3ccc(Br)cc3)s2)c1. The number of aryl methyl sites for hydroxylation is 3. The van der Waals surface area contributed by atoms with Gasteiger partial charge in [-0.15, -0.1) is 11.3 Å². The van der Waals surface area contributed by atoms with Crippen LogP contribution in [0.2, 0.25) is 0 Å². The minimum Gasteiger partial charge on any atom is -0.486 e. The van der Waals surface area contributed by atoms with Gasteiger partial charge in [0.25, 0.3) is 5.91 Å². The molecule has 1 heterocycles. The Morgan fingerprint density at radius 2 is 1.88 bits per heavy atom. The number of rotatable bonds is 5. The Morgan fingerprint density at radius 3 is 2.62 bits per heavy atom. The van der Waals surface area contributed by atoms with Crippen molar-refractivity contribution >= 4 is 38.9 Å². The van der Waals surface area contributed by atoms with Gasteiger partial charge in [-0.2, -0.15) is 0 Å². The normalized spacial score (nSPS) is 10.6. The number of ether oxygens (including phenoxy) is 1. The highest BCUT2D eigenvalue weighted by molar-refractivity contribution is 9.10. The zero-order valence-corrected chi connectivity index (χ0v) is 17.2. The second kappa shape index (κ2) is 8.01. The van der Waals surface area contributed by atoms with E-state index in [0.29, 0.717) is 17.2 Å². The van der Waals surface area contributed by atoms with Crippen LogP contribution in [-0.2, 0) is 6.61 Å². The third-order valence-corrected chi connectivity index (χ3v) is 5.50. The van der Waals surface area contributed by atoms with Gasteiger partial charge in [-0.3, -0.25) is 4.79 Å². The zero-order valence-electron chi connectivity index (χ0n) is 14.8. The lowest BCUT2D eigenvalue weighted by molar-refractivity contribution is 0.103. The summed E-state index contributed by atoms with van der Waals surface area (Å²) in [5.41, 5.74) is 3.69. The quantitative estimate of drug-likeness (QED) is 0.567. The van der Waals surface area contributed by atoms with Crippen LogP contribution >= 0.6 is 27.3 Å². The van der Waals surface area contributed by atoms with E-state index in [1.54, 1.807) is 0 Å². The number of benzene rings is 2. The summed E-state index contributed by atoms with van der Waals surface area (Å²) in [5.74, 6) is 0.694. The summed E-state index contributed by atoms with van der Waals surface area (Å²) < 4.78 is 6.86. The number of carbonyl (C=O) groups is 1. The van der Waals surface area contributed by atoms with Crippen LogP contribution in [0.25, 0.3) is 0 Å². The predicted molar refractivity (Wildman–Crippen MR) is 109 cm³/mol. The van der Waals surface area contributed by atoms with E-state index >= 15 is 0 Å². The maximum Gasteiger partial charge on any atom is 0.267 e. The lowest BCUT2D eigenvalue weighted by Crippen LogP contribution is -2.11. The van der Waals surface area contributed by atoms with Crippen LogP contribution in [0, 0.1) is 20.8 Å². The molecule has 0 fully saturated rings. The van der Waals surface area contributed by atoms with E-state index in [9.17, 15) is 4.79 Å². The molecule has 0 aliphatic heterocycles. The fourth-order valence-electron chi connectivity index (χ4n) is 2.45. The Balaban J connectivity index is 1.69. The zero-order chi connectivity index (χ0) is 18.7. The van der Waals surface area contributed by atoms with E-state index in [1.165, 1.54) is 11.3 Å². The molecule has 0 saturated carbocycles.